The van der Waals surface area contributed by atoms with Gasteiger partial charge >= 0.3 is 0 Å². The summed E-state index contributed by atoms with van der Waals surface area (Å²) in [6, 6.07) is 1.82. The van der Waals surface area contributed by atoms with Gasteiger partial charge in [-0.25, -0.2) is 0 Å². The molecule has 0 saturated carbocycles. The number of hydrogen-bond donors (Lipinski definition) is 0. The Labute approximate surface area is 112 Å². The van der Waals surface area contributed by atoms with Crippen molar-refractivity contribution < 1.29 is 5.21 Å². The molecule has 0 bridgehead atoms. The molecule has 7 heteroatoms. The highest BCUT2D eigenvalue weighted by molar-refractivity contribution is 6.02. The van der Waals surface area contributed by atoms with Crippen LogP contribution in [0.2, 0.25) is 0 Å². The van der Waals surface area contributed by atoms with Crippen LogP contribution in [0, 0.1) is 0 Å². The molecule has 2 aromatic rings. The van der Waals surface area contributed by atoms with E-state index in [1.165, 1.54) is 0 Å². The van der Waals surface area contributed by atoms with Crippen molar-refractivity contribution in [3.63, 3.8) is 0 Å². The third-order valence-electron chi connectivity index (χ3n) is 3.02. The molecule has 0 atom stereocenters. The third kappa shape index (κ3) is 2.00. The lowest BCUT2D eigenvalue weighted by Gasteiger charge is -2.28. The van der Waals surface area contributed by atoms with E-state index in [1.54, 1.807) is 0 Å². The van der Waals surface area contributed by atoms with Crippen LogP contribution >= 0.6 is 0 Å². The van der Waals surface area contributed by atoms with Crippen molar-refractivity contribution in [2.45, 2.75) is 0 Å². The molecule has 0 aliphatic carbocycles. The van der Waals surface area contributed by atoms with Crippen molar-refractivity contribution in [2.24, 2.45) is 0 Å². The van der Waals surface area contributed by atoms with Crippen LogP contribution < -0.4 is 14.7 Å². The van der Waals surface area contributed by atoms with Gasteiger partial charge in [0, 0.05) is 42.3 Å². The summed E-state index contributed by atoms with van der Waals surface area (Å²) >= 11 is 0. The zero-order chi connectivity index (χ0) is 14.3. The van der Waals surface area contributed by atoms with Gasteiger partial charge in [-0.3, -0.25) is 0 Å². The smallest absolute Gasteiger partial charge is 0.142 e. The molecular formula is C12H19N6O. The molecule has 103 valence electrons. The van der Waals surface area contributed by atoms with Gasteiger partial charge in [-0.2, -0.15) is 0 Å². The van der Waals surface area contributed by atoms with Crippen LogP contribution in [0.3, 0.4) is 0 Å². The fourth-order valence-corrected chi connectivity index (χ4v) is 2.20. The van der Waals surface area contributed by atoms with Gasteiger partial charge in [-0.15, -0.1) is 10.3 Å². The van der Waals surface area contributed by atoms with Crippen LogP contribution in [0.25, 0.3) is 11.0 Å². The van der Waals surface area contributed by atoms with Gasteiger partial charge in [0.2, 0.25) is 0 Å². The molecule has 1 radical (unpaired) electrons. The van der Waals surface area contributed by atoms with E-state index < -0.39 is 0 Å². The van der Waals surface area contributed by atoms with E-state index in [4.69, 9.17) is 0 Å². The van der Waals surface area contributed by atoms with Gasteiger partial charge in [-0.1, -0.05) is 0 Å². The van der Waals surface area contributed by atoms with Gasteiger partial charge in [0.1, 0.15) is 11.0 Å². The molecule has 7 nitrogen and oxygen atoms in total. The van der Waals surface area contributed by atoms with Crippen molar-refractivity contribution >= 4 is 28.1 Å². The minimum Gasteiger partial charge on any atom is -0.376 e. The first-order chi connectivity index (χ1) is 8.84. The third-order valence-corrected chi connectivity index (χ3v) is 3.02. The molecule has 1 heterocycles. The molecule has 0 amide bonds. The summed E-state index contributed by atoms with van der Waals surface area (Å²) in [7, 11) is 11.7. The summed E-state index contributed by atoms with van der Waals surface area (Å²) in [4.78, 5) is 6.52. The van der Waals surface area contributed by atoms with E-state index >= 15 is 0 Å². The molecule has 1 aromatic carbocycles. The molecule has 1 aromatic heterocycles. The Hall–Kier alpha value is -2.18. The SMILES string of the molecule is CN(C)c1cc2c(nnn2[O])c(N(C)C)c1N(C)C. The summed E-state index contributed by atoms with van der Waals surface area (Å²) in [5, 5.41) is 19.3. The summed E-state index contributed by atoms with van der Waals surface area (Å²) in [5.74, 6) is 0. The summed E-state index contributed by atoms with van der Waals surface area (Å²) < 4.78 is 0. The first-order valence-electron chi connectivity index (χ1n) is 5.96. The second kappa shape index (κ2) is 4.49. The lowest BCUT2D eigenvalue weighted by molar-refractivity contribution is 0.0651. The number of benzene rings is 1. The van der Waals surface area contributed by atoms with Gasteiger partial charge in [0.15, 0.2) is 0 Å². The topological polar surface area (TPSA) is 60.3 Å². The first-order valence-corrected chi connectivity index (χ1v) is 5.96. The number of nitrogens with zero attached hydrogens (tertiary/aromatic N) is 6. The molecule has 2 rings (SSSR count). The maximum Gasteiger partial charge on any atom is 0.142 e. The molecule has 0 unspecified atom stereocenters. The quantitative estimate of drug-likeness (QED) is 0.820. The van der Waals surface area contributed by atoms with E-state index in [2.05, 4.69) is 10.3 Å². The van der Waals surface area contributed by atoms with Crippen LogP contribution in [-0.2, 0) is 5.21 Å². The molecule has 0 saturated heterocycles. The predicted molar refractivity (Wildman–Crippen MR) is 76.6 cm³/mol. The monoisotopic (exact) mass is 263 g/mol. The second-order valence-corrected chi connectivity index (χ2v) is 5.11. The number of rotatable bonds is 3. The largest absolute Gasteiger partial charge is 0.376 e. The van der Waals surface area contributed by atoms with Gasteiger partial charge in [0.05, 0.1) is 17.1 Å². The van der Waals surface area contributed by atoms with E-state index in [9.17, 15) is 5.21 Å². The van der Waals surface area contributed by atoms with Crippen molar-refractivity contribution in [3.05, 3.63) is 6.07 Å². The number of aromatic nitrogens is 3. The van der Waals surface area contributed by atoms with Crippen LogP contribution in [-0.4, -0.2) is 57.4 Å². The lowest BCUT2D eigenvalue weighted by atomic mass is 10.1. The molecular weight excluding hydrogens is 244 g/mol. The Balaban J connectivity index is 2.92. The number of anilines is 3. The number of fused-ring (bicyclic) bond motifs is 1. The maximum absolute atomic E-state index is 11.7. The van der Waals surface area contributed by atoms with Crippen LogP contribution in [0.4, 0.5) is 17.1 Å². The van der Waals surface area contributed by atoms with Gasteiger partial charge < -0.3 is 14.7 Å². The zero-order valence-electron chi connectivity index (χ0n) is 12.2. The highest BCUT2D eigenvalue weighted by atomic mass is 16.5. The molecule has 0 spiro atoms. The Morgan fingerprint density at radius 2 is 1.53 bits per heavy atom. The first kappa shape index (κ1) is 13.3. The van der Waals surface area contributed by atoms with Crippen molar-refractivity contribution in [2.75, 3.05) is 57.0 Å². The summed E-state index contributed by atoms with van der Waals surface area (Å²) in [5.41, 5.74) is 3.98. The fraction of sp³-hybridized carbons (Fsp3) is 0.500. The van der Waals surface area contributed by atoms with Crippen molar-refractivity contribution in [1.29, 1.82) is 0 Å². The number of hydrogen-bond acceptors (Lipinski definition) is 5. The average molecular weight is 263 g/mol. The standard InChI is InChI=1S/C12H19N6O/c1-15(2)9-7-8-10(13-14-18(8)19)12(17(5)6)11(9)16(3)4/h7H,1-6H3. The highest BCUT2D eigenvalue weighted by Crippen LogP contribution is 2.41. The Bertz CT molecular complexity index is 602. The van der Waals surface area contributed by atoms with E-state index in [-0.39, 0.29) is 0 Å². The molecule has 19 heavy (non-hydrogen) atoms. The zero-order valence-corrected chi connectivity index (χ0v) is 12.2. The Morgan fingerprint density at radius 1 is 0.947 bits per heavy atom. The van der Waals surface area contributed by atoms with Gasteiger partial charge in [0.25, 0.3) is 0 Å². The maximum atomic E-state index is 11.7. The average Bonchev–Trinajstić information content (AvgIpc) is 2.68. The van der Waals surface area contributed by atoms with Crippen LogP contribution in [0.5, 0.6) is 0 Å². The Morgan fingerprint density at radius 3 is 2.00 bits per heavy atom. The molecule has 0 aliphatic rings. The van der Waals surface area contributed by atoms with E-state index in [0.29, 0.717) is 15.9 Å². The minimum atomic E-state index is 0.484. The van der Waals surface area contributed by atoms with E-state index in [1.807, 2.05) is 63.1 Å². The molecule has 0 fully saturated rings. The van der Waals surface area contributed by atoms with Crippen molar-refractivity contribution in [1.82, 2.24) is 15.2 Å². The Kier molecular flexibility index (Phi) is 3.13. The normalized spacial score (nSPS) is 10.8. The summed E-state index contributed by atoms with van der Waals surface area (Å²) in [6.07, 6.45) is 0. The highest BCUT2D eigenvalue weighted by Gasteiger charge is 2.22. The fourth-order valence-electron chi connectivity index (χ4n) is 2.20. The minimum absolute atomic E-state index is 0.484. The van der Waals surface area contributed by atoms with Crippen LogP contribution in [0.15, 0.2) is 6.07 Å². The van der Waals surface area contributed by atoms with E-state index in [0.717, 1.165) is 17.1 Å². The summed E-state index contributed by atoms with van der Waals surface area (Å²) in [6.45, 7) is 0. The lowest BCUT2D eigenvalue weighted by Crippen LogP contribution is -2.21. The van der Waals surface area contributed by atoms with Crippen LogP contribution in [0.1, 0.15) is 0 Å². The molecule has 0 aliphatic heterocycles. The predicted octanol–water partition coefficient (Wildman–Crippen LogP) is 0.823. The molecule has 0 N–H and O–H groups in total. The second-order valence-electron chi connectivity index (χ2n) is 5.11. The van der Waals surface area contributed by atoms with Gasteiger partial charge in [-0.05, 0) is 16.1 Å². The van der Waals surface area contributed by atoms with Crippen molar-refractivity contribution in [3.8, 4) is 0 Å².